The minimum atomic E-state index is 0.132. The Morgan fingerprint density at radius 1 is 1.46 bits per heavy atom. The van der Waals surface area contributed by atoms with Crippen LogP contribution in [0.15, 0.2) is 18.2 Å². The van der Waals surface area contributed by atoms with Crippen LogP contribution in [-0.2, 0) is 6.61 Å². The van der Waals surface area contributed by atoms with Gasteiger partial charge >= 0.3 is 0 Å². The van der Waals surface area contributed by atoms with Crippen LogP contribution in [0.4, 0.5) is 0 Å². The lowest BCUT2D eigenvalue weighted by Gasteiger charge is -1.97. The third-order valence-electron chi connectivity index (χ3n) is 2.16. The van der Waals surface area contributed by atoms with Gasteiger partial charge in [-0.25, -0.2) is 0 Å². The van der Waals surface area contributed by atoms with Crippen molar-refractivity contribution in [3.63, 3.8) is 0 Å². The Hall–Kier alpha value is -0.130. The van der Waals surface area contributed by atoms with Crippen molar-refractivity contribution >= 4 is 44.0 Å². The van der Waals surface area contributed by atoms with Crippen molar-refractivity contribution in [1.82, 2.24) is 0 Å². The molecule has 0 radical (unpaired) electrons. The zero-order valence-electron chi connectivity index (χ0n) is 7.17. The first-order valence-corrected chi connectivity index (χ1v) is 5.91. The molecule has 0 bridgehead atoms. The molecule has 13 heavy (non-hydrogen) atoms. The number of hydrogen-bond acceptors (Lipinski definition) is 2. The highest BCUT2D eigenvalue weighted by molar-refractivity contribution is 14.1. The molecule has 1 heterocycles. The van der Waals surface area contributed by atoms with Crippen molar-refractivity contribution in [1.29, 1.82) is 0 Å². The predicted molar refractivity (Wildman–Crippen MR) is 65.2 cm³/mol. The number of rotatable bonds is 1. The van der Waals surface area contributed by atoms with Gasteiger partial charge in [0.2, 0.25) is 0 Å². The summed E-state index contributed by atoms with van der Waals surface area (Å²) in [6.45, 7) is 2.26. The van der Waals surface area contributed by atoms with E-state index in [9.17, 15) is 0 Å². The van der Waals surface area contributed by atoms with E-state index >= 15 is 0 Å². The summed E-state index contributed by atoms with van der Waals surface area (Å²) < 4.78 is 2.54. The van der Waals surface area contributed by atoms with Crippen LogP contribution in [0.1, 0.15) is 11.1 Å². The lowest BCUT2D eigenvalue weighted by molar-refractivity contribution is 0.283. The normalized spacial score (nSPS) is 11.0. The molecule has 0 unspecified atom stereocenters. The van der Waals surface area contributed by atoms with E-state index in [2.05, 4.69) is 35.6 Å². The molecule has 0 spiro atoms. The summed E-state index contributed by atoms with van der Waals surface area (Å²) in [5.41, 5.74) is 2.37. The summed E-state index contributed by atoms with van der Waals surface area (Å²) in [4.78, 5) is 0. The second kappa shape index (κ2) is 3.55. The molecule has 0 saturated heterocycles. The van der Waals surface area contributed by atoms with Gasteiger partial charge in [0.1, 0.15) is 0 Å². The lowest BCUT2D eigenvalue weighted by Crippen LogP contribution is -1.81. The van der Waals surface area contributed by atoms with E-state index < -0.39 is 0 Å². The highest BCUT2D eigenvalue weighted by atomic mass is 127. The fourth-order valence-electron chi connectivity index (χ4n) is 1.40. The van der Waals surface area contributed by atoms with E-state index in [0.717, 1.165) is 5.56 Å². The first kappa shape index (κ1) is 9.43. The van der Waals surface area contributed by atoms with Gasteiger partial charge in [0.05, 0.1) is 9.49 Å². The maximum absolute atomic E-state index is 9.14. The Labute approximate surface area is 94.5 Å². The molecule has 0 aliphatic heterocycles. The fraction of sp³-hybridized carbons (Fsp3) is 0.200. The minimum Gasteiger partial charge on any atom is -0.392 e. The van der Waals surface area contributed by atoms with Gasteiger partial charge in [-0.15, -0.1) is 11.3 Å². The van der Waals surface area contributed by atoms with Crippen LogP contribution in [0.25, 0.3) is 10.1 Å². The quantitative estimate of drug-likeness (QED) is 0.802. The number of fused-ring (bicyclic) bond motifs is 1. The minimum absolute atomic E-state index is 0.132. The molecule has 1 N–H and O–H groups in total. The molecule has 0 atom stereocenters. The van der Waals surface area contributed by atoms with Crippen LogP contribution in [-0.4, -0.2) is 5.11 Å². The Morgan fingerprint density at radius 3 is 2.92 bits per heavy atom. The van der Waals surface area contributed by atoms with E-state index in [-0.39, 0.29) is 6.61 Å². The molecule has 1 aromatic carbocycles. The standard InChI is InChI=1S/C10H9IOS/c1-6-8-4-2-3-7(5-12)9(8)13-10(6)11/h2-4,12H,5H2,1H3. The Kier molecular flexibility index (Phi) is 2.58. The average Bonchev–Trinajstić information content (AvgIpc) is 2.43. The first-order chi connectivity index (χ1) is 6.24. The van der Waals surface area contributed by atoms with Crippen molar-refractivity contribution in [3.05, 3.63) is 32.2 Å². The third-order valence-corrected chi connectivity index (χ3v) is 4.80. The summed E-state index contributed by atoms with van der Waals surface area (Å²) in [6, 6.07) is 6.10. The number of aliphatic hydroxyl groups excluding tert-OH is 1. The largest absolute Gasteiger partial charge is 0.392 e. The van der Waals surface area contributed by atoms with Crippen molar-refractivity contribution in [3.8, 4) is 0 Å². The van der Waals surface area contributed by atoms with Crippen LogP contribution in [0.2, 0.25) is 0 Å². The van der Waals surface area contributed by atoms with E-state index in [1.54, 1.807) is 11.3 Å². The van der Waals surface area contributed by atoms with E-state index in [1.807, 2.05) is 12.1 Å². The summed E-state index contributed by atoms with van der Waals surface area (Å²) in [7, 11) is 0. The number of benzene rings is 1. The van der Waals surface area contributed by atoms with Gasteiger partial charge in [0.15, 0.2) is 0 Å². The maximum atomic E-state index is 9.14. The molecule has 1 aromatic heterocycles. The van der Waals surface area contributed by atoms with E-state index in [1.165, 1.54) is 18.5 Å². The van der Waals surface area contributed by atoms with Gasteiger partial charge in [-0.3, -0.25) is 0 Å². The SMILES string of the molecule is Cc1c(I)sc2c(CO)cccc12. The third kappa shape index (κ3) is 1.49. The van der Waals surface area contributed by atoms with E-state index in [0.29, 0.717) is 0 Å². The van der Waals surface area contributed by atoms with Gasteiger partial charge in [0, 0.05) is 4.70 Å². The molecule has 0 aliphatic rings. The van der Waals surface area contributed by atoms with Crippen molar-refractivity contribution in [2.45, 2.75) is 13.5 Å². The van der Waals surface area contributed by atoms with Crippen LogP contribution in [0, 0.1) is 9.81 Å². The molecular weight excluding hydrogens is 295 g/mol. The molecular formula is C10H9IOS. The average molecular weight is 304 g/mol. The second-order valence-corrected chi connectivity index (χ2v) is 5.78. The highest BCUT2D eigenvalue weighted by Crippen LogP contribution is 2.33. The molecule has 0 aliphatic carbocycles. The first-order valence-electron chi connectivity index (χ1n) is 4.01. The molecule has 2 aromatic rings. The zero-order valence-corrected chi connectivity index (χ0v) is 10.1. The van der Waals surface area contributed by atoms with Crippen molar-refractivity contribution in [2.75, 3.05) is 0 Å². The Balaban J connectivity index is 2.84. The summed E-state index contributed by atoms with van der Waals surface area (Å²) in [5, 5.41) is 10.4. The number of halogens is 1. The number of thiophene rings is 1. The Morgan fingerprint density at radius 2 is 2.23 bits per heavy atom. The molecule has 0 saturated carbocycles. The van der Waals surface area contributed by atoms with Crippen LogP contribution in [0.5, 0.6) is 0 Å². The molecule has 2 rings (SSSR count). The van der Waals surface area contributed by atoms with Gasteiger partial charge in [-0.2, -0.15) is 0 Å². The highest BCUT2D eigenvalue weighted by Gasteiger charge is 2.08. The molecule has 3 heteroatoms. The van der Waals surface area contributed by atoms with Crippen LogP contribution >= 0.6 is 33.9 Å². The van der Waals surface area contributed by atoms with Crippen molar-refractivity contribution < 1.29 is 5.11 Å². The van der Waals surface area contributed by atoms with Crippen LogP contribution < -0.4 is 0 Å². The summed E-state index contributed by atoms with van der Waals surface area (Å²) >= 11 is 4.10. The maximum Gasteiger partial charge on any atom is 0.0695 e. The van der Waals surface area contributed by atoms with Gasteiger partial charge in [-0.05, 0) is 46.0 Å². The second-order valence-electron chi connectivity index (χ2n) is 2.95. The van der Waals surface area contributed by atoms with Crippen molar-refractivity contribution in [2.24, 2.45) is 0 Å². The molecule has 68 valence electrons. The number of aryl methyl sites for hydroxylation is 1. The van der Waals surface area contributed by atoms with Crippen LogP contribution in [0.3, 0.4) is 0 Å². The fourth-order valence-corrected chi connectivity index (χ4v) is 3.39. The number of hydrogen-bond donors (Lipinski definition) is 1. The monoisotopic (exact) mass is 304 g/mol. The molecule has 0 fully saturated rings. The lowest BCUT2D eigenvalue weighted by atomic mass is 10.1. The summed E-state index contributed by atoms with van der Waals surface area (Å²) in [6.07, 6.45) is 0. The topological polar surface area (TPSA) is 20.2 Å². The van der Waals surface area contributed by atoms with Gasteiger partial charge < -0.3 is 5.11 Å². The zero-order chi connectivity index (χ0) is 9.42. The molecule has 1 nitrogen and oxygen atoms in total. The Bertz CT molecular complexity index is 447. The summed E-state index contributed by atoms with van der Waals surface area (Å²) in [5.74, 6) is 0. The van der Waals surface area contributed by atoms with Gasteiger partial charge in [0.25, 0.3) is 0 Å². The van der Waals surface area contributed by atoms with Gasteiger partial charge in [-0.1, -0.05) is 18.2 Å². The smallest absolute Gasteiger partial charge is 0.0695 e. The van der Waals surface area contributed by atoms with E-state index in [4.69, 9.17) is 5.11 Å². The predicted octanol–water partition coefficient (Wildman–Crippen LogP) is 3.31. The molecule has 0 amide bonds. The number of aliphatic hydroxyl groups is 1.